The Morgan fingerprint density at radius 3 is 2.47 bits per heavy atom. The Hall–Kier alpha value is -2.83. The van der Waals surface area contributed by atoms with E-state index < -0.39 is 4.92 Å². The first-order valence-electron chi connectivity index (χ1n) is 10.7. The number of nitro benzene ring substituents is 1. The van der Waals surface area contributed by atoms with E-state index in [4.69, 9.17) is 9.47 Å². The molecule has 2 aromatic rings. The van der Waals surface area contributed by atoms with E-state index in [-0.39, 0.29) is 17.0 Å². The highest BCUT2D eigenvalue weighted by atomic mass is 16.6. The summed E-state index contributed by atoms with van der Waals surface area (Å²) in [5.41, 5.74) is -0.0100. The molecule has 0 radical (unpaired) electrons. The van der Waals surface area contributed by atoms with Crippen molar-refractivity contribution in [1.29, 1.82) is 0 Å². The van der Waals surface area contributed by atoms with Gasteiger partial charge in [0.1, 0.15) is 0 Å². The molecule has 0 spiro atoms. The number of hydrogen-bond acceptors (Lipinski definition) is 5. The smallest absolute Gasteiger partial charge is 0.297 e. The number of allylic oxidation sites excluding steroid dienone is 2. The van der Waals surface area contributed by atoms with Crippen molar-refractivity contribution < 1.29 is 14.4 Å². The van der Waals surface area contributed by atoms with Crippen LogP contribution in [-0.2, 0) is 7.05 Å². The van der Waals surface area contributed by atoms with E-state index in [9.17, 15) is 14.9 Å². The van der Waals surface area contributed by atoms with E-state index in [1.54, 1.807) is 13.1 Å². The topological polar surface area (TPSA) is 83.6 Å². The van der Waals surface area contributed by atoms with Crippen molar-refractivity contribution in [3.8, 4) is 11.5 Å². The fourth-order valence-electron chi connectivity index (χ4n) is 3.34. The first-order valence-corrected chi connectivity index (χ1v) is 10.7. The molecule has 0 amide bonds. The highest BCUT2D eigenvalue weighted by Crippen LogP contribution is 2.36. The fourth-order valence-corrected chi connectivity index (χ4v) is 3.34. The van der Waals surface area contributed by atoms with Gasteiger partial charge in [0.15, 0.2) is 5.75 Å². The van der Waals surface area contributed by atoms with Crippen molar-refractivity contribution in [2.45, 2.75) is 65.7 Å². The number of pyridine rings is 1. The van der Waals surface area contributed by atoms with E-state index >= 15 is 0 Å². The number of rotatable bonds is 12. The van der Waals surface area contributed by atoms with Crippen LogP contribution in [0.4, 0.5) is 5.69 Å². The highest BCUT2D eigenvalue weighted by Gasteiger charge is 2.21. The Labute approximate surface area is 177 Å². The van der Waals surface area contributed by atoms with Gasteiger partial charge >= 0.3 is 0 Å². The molecule has 7 heteroatoms. The lowest BCUT2D eigenvalue weighted by Crippen LogP contribution is -2.21. The molecule has 0 aliphatic rings. The summed E-state index contributed by atoms with van der Waals surface area (Å²) >= 11 is 0. The SMILES string of the molecule is CC=C(CC)Oc1c(OCCCCCCCC)c(=O)n(C)c2cc([N+](=O)[O-])ccc12. The lowest BCUT2D eigenvalue weighted by Gasteiger charge is -2.17. The van der Waals surface area contributed by atoms with Crippen molar-refractivity contribution >= 4 is 16.6 Å². The van der Waals surface area contributed by atoms with Crippen molar-refractivity contribution in [1.82, 2.24) is 4.57 Å². The highest BCUT2D eigenvalue weighted by molar-refractivity contribution is 5.89. The average Bonchev–Trinajstić information content (AvgIpc) is 2.75. The molecule has 0 N–H and O–H groups in total. The standard InChI is InChI=1S/C23H32N2O5/c1-5-8-9-10-11-12-15-29-22-21(30-18(6-2)7-3)19-14-13-17(25(27)28)16-20(19)24(4)23(22)26/h6,13-14,16H,5,7-12,15H2,1-4H3. The van der Waals surface area contributed by atoms with E-state index in [1.165, 1.54) is 36.0 Å². The molecule has 2 rings (SSSR count). The Kier molecular flexibility index (Phi) is 8.89. The third-order valence-corrected chi connectivity index (χ3v) is 5.15. The van der Waals surface area contributed by atoms with Crippen molar-refractivity contribution in [3.63, 3.8) is 0 Å². The molecular formula is C23H32N2O5. The first-order chi connectivity index (χ1) is 14.4. The van der Waals surface area contributed by atoms with Gasteiger partial charge < -0.3 is 14.0 Å². The van der Waals surface area contributed by atoms with Crippen LogP contribution in [0.5, 0.6) is 11.5 Å². The van der Waals surface area contributed by atoms with Gasteiger partial charge in [-0.05, 0) is 25.5 Å². The molecule has 1 heterocycles. The zero-order chi connectivity index (χ0) is 22.1. The van der Waals surface area contributed by atoms with Gasteiger partial charge in [0, 0.05) is 31.0 Å². The van der Waals surface area contributed by atoms with E-state index in [2.05, 4.69) is 6.92 Å². The second-order valence-corrected chi connectivity index (χ2v) is 7.31. The van der Waals surface area contributed by atoms with Gasteiger partial charge in [0.2, 0.25) is 5.75 Å². The predicted octanol–water partition coefficient (Wildman–Crippen LogP) is 5.88. The van der Waals surface area contributed by atoms with Crippen LogP contribution in [0, 0.1) is 10.1 Å². The zero-order valence-corrected chi connectivity index (χ0v) is 18.4. The lowest BCUT2D eigenvalue weighted by molar-refractivity contribution is -0.384. The van der Waals surface area contributed by atoms with Gasteiger partial charge in [0.25, 0.3) is 11.2 Å². The van der Waals surface area contributed by atoms with Gasteiger partial charge in [-0.25, -0.2) is 0 Å². The second kappa shape index (κ2) is 11.4. The average molecular weight is 417 g/mol. The molecule has 0 aliphatic heterocycles. The van der Waals surface area contributed by atoms with Crippen LogP contribution in [0.2, 0.25) is 0 Å². The number of benzene rings is 1. The predicted molar refractivity (Wildman–Crippen MR) is 119 cm³/mol. The Bertz CT molecular complexity index is 962. The molecule has 0 unspecified atom stereocenters. The third-order valence-electron chi connectivity index (χ3n) is 5.15. The zero-order valence-electron chi connectivity index (χ0n) is 18.4. The lowest BCUT2D eigenvalue weighted by atomic mass is 10.1. The van der Waals surface area contributed by atoms with E-state index in [0.717, 1.165) is 19.3 Å². The van der Waals surface area contributed by atoms with Crippen LogP contribution in [0.3, 0.4) is 0 Å². The number of ether oxygens (including phenoxy) is 2. The van der Waals surface area contributed by atoms with Crippen LogP contribution in [0.1, 0.15) is 65.7 Å². The fraction of sp³-hybridized carbons (Fsp3) is 0.522. The van der Waals surface area contributed by atoms with Crippen molar-refractivity contribution in [2.24, 2.45) is 7.05 Å². The van der Waals surface area contributed by atoms with Gasteiger partial charge in [0.05, 0.1) is 22.8 Å². The van der Waals surface area contributed by atoms with Crippen LogP contribution < -0.4 is 15.0 Å². The molecule has 30 heavy (non-hydrogen) atoms. The normalized spacial score (nSPS) is 11.7. The Balaban J connectivity index is 2.41. The largest absolute Gasteiger partial charge is 0.485 e. The minimum atomic E-state index is -0.475. The summed E-state index contributed by atoms with van der Waals surface area (Å²) in [5, 5.41) is 11.8. The quantitative estimate of drug-likeness (QED) is 0.187. The monoisotopic (exact) mass is 416 g/mol. The number of nitro groups is 1. The molecule has 0 saturated carbocycles. The Morgan fingerprint density at radius 2 is 1.83 bits per heavy atom. The third kappa shape index (κ3) is 5.62. The summed E-state index contributed by atoms with van der Waals surface area (Å²) in [6.45, 7) is 6.43. The van der Waals surface area contributed by atoms with Gasteiger partial charge in [-0.2, -0.15) is 0 Å². The van der Waals surface area contributed by atoms with Gasteiger partial charge in [-0.1, -0.05) is 46.0 Å². The van der Waals surface area contributed by atoms with E-state index in [0.29, 0.717) is 35.4 Å². The molecule has 0 aliphatic carbocycles. The molecular weight excluding hydrogens is 384 g/mol. The molecule has 0 atom stereocenters. The summed E-state index contributed by atoms with van der Waals surface area (Å²) in [5.74, 6) is 1.18. The van der Waals surface area contributed by atoms with Gasteiger partial charge in [-0.15, -0.1) is 0 Å². The van der Waals surface area contributed by atoms with Crippen LogP contribution in [0.15, 0.2) is 34.8 Å². The number of aromatic nitrogens is 1. The van der Waals surface area contributed by atoms with Crippen LogP contribution in [0.25, 0.3) is 10.9 Å². The number of hydrogen-bond donors (Lipinski definition) is 0. The first kappa shape index (κ1) is 23.4. The van der Waals surface area contributed by atoms with Crippen molar-refractivity contribution in [3.05, 3.63) is 50.5 Å². The molecule has 1 aromatic heterocycles. The summed E-state index contributed by atoms with van der Waals surface area (Å²) in [6.07, 6.45) is 9.19. The van der Waals surface area contributed by atoms with Crippen LogP contribution in [-0.4, -0.2) is 16.1 Å². The number of aryl methyl sites for hydroxylation is 1. The Morgan fingerprint density at radius 1 is 1.13 bits per heavy atom. The summed E-state index contributed by atoms with van der Waals surface area (Å²) < 4.78 is 13.4. The van der Waals surface area contributed by atoms with Crippen LogP contribution >= 0.6 is 0 Å². The summed E-state index contributed by atoms with van der Waals surface area (Å²) in [4.78, 5) is 23.7. The number of unbranched alkanes of at least 4 members (excludes halogenated alkanes) is 5. The minimum Gasteiger partial charge on any atom is -0.485 e. The molecule has 7 nitrogen and oxygen atoms in total. The molecule has 0 saturated heterocycles. The molecule has 1 aromatic carbocycles. The minimum absolute atomic E-state index is 0.0778. The van der Waals surface area contributed by atoms with Crippen molar-refractivity contribution in [2.75, 3.05) is 6.61 Å². The summed E-state index contributed by atoms with van der Waals surface area (Å²) in [6, 6.07) is 4.42. The van der Waals surface area contributed by atoms with E-state index in [1.807, 2.05) is 19.9 Å². The number of fused-ring (bicyclic) bond motifs is 1. The second-order valence-electron chi connectivity index (χ2n) is 7.31. The number of non-ortho nitro benzene ring substituents is 1. The maximum absolute atomic E-state index is 13.0. The maximum Gasteiger partial charge on any atom is 0.297 e. The molecule has 164 valence electrons. The maximum atomic E-state index is 13.0. The van der Waals surface area contributed by atoms with Gasteiger partial charge in [-0.3, -0.25) is 14.9 Å². The summed E-state index contributed by atoms with van der Waals surface area (Å²) in [7, 11) is 1.59. The molecule has 0 fully saturated rings. The molecule has 0 bridgehead atoms. The number of nitrogens with zero attached hydrogens (tertiary/aromatic N) is 2.